The van der Waals surface area contributed by atoms with Crippen molar-refractivity contribution in [1.29, 1.82) is 10.5 Å². The fourth-order valence-corrected chi connectivity index (χ4v) is 0.233. The summed E-state index contributed by atoms with van der Waals surface area (Å²) in [4.78, 5) is 14.1. The van der Waals surface area contributed by atoms with Gasteiger partial charge in [-0.15, -0.1) is 0 Å². The van der Waals surface area contributed by atoms with Gasteiger partial charge in [-0.3, -0.25) is 0 Å². The van der Waals surface area contributed by atoms with Crippen LogP contribution in [0.5, 0.6) is 0 Å². The monoisotopic (exact) mass is 153 g/mol. The quantitative estimate of drug-likeness (QED) is 0.334. The molecule has 11 heavy (non-hydrogen) atoms. The molecular weight excluding hydrogens is 150 g/mol. The first kappa shape index (κ1) is 8.92. The number of carboxylic acid groups (broad SMARTS) is 1. The Morgan fingerprint density at radius 3 is 2.64 bits per heavy atom. The van der Waals surface area contributed by atoms with Crippen molar-refractivity contribution in [3.05, 3.63) is 0 Å². The van der Waals surface area contributed by atoms with E-state index in [-0.39, 0.29) is 6.61 Å². The van der Waals surface area contributed by atoms with Crippen molar-refractivity contribution in [2.45, 2.75) is 0 Å². The van der Waals surface area contributed by atoms with E-state index in [1.54, 1.807) is 6.07 Å². The second-order valence-electron chi connectivity index (χ2n) is 1.29. The summed E-state index contributed by atoms with van der Waals surface area (Å²) in [5.74, 6) is -1.48. The second-order valence-corrected chi connectivity index (χ2v) is 1.29. The number of aliphatic carboxylic acids is 1. The third-order valence-corrected chi connectivity index (χ3v) is 0.593. The second kappa shape index (κ2) is 4.77. The topological polar surface area (TPSA) is 106 Å². The summed E-state index contributed by atoms with van der Waals surface area (Å²) in [6.45, 7) is -0.377. The highest BCUT2D eigenvalue weighted by Crippen LogP contribution is 1.80. The fourth-order valence-electron chi connectivity index (χ4n) is 0.233. The molecule has 0 fully saturated rings. The highest BCUT2D eigenvalue weighted by Gasteiger charge is 2.07. The Labute approximate surface area is 61.9 Å². The highest BCUT2D eigenvalue weighted by molar-refractivity contribution is 6.42. The van der Waals surface area contributed by atoms with Gasteiger partial charge in [0, 0.05) is 0 Å². The molecule has 56 valence electrons. The van der Waals surface area contributed by atoms with Gasteiger partial charge in [0.15, 0.2) is 0 Å². The van der Waals surface area contributed by atoms with Crippen molar-refractivity contribution < 1.29 is 14.7 Å². The van der Waals surface area contributed by atoms with Crippen LogP contribution in [0.15, 0.2) is 5.16 Å². The molecule has 0 bridgehead atoms. The number of rotatable bonds is 3. The molecule has 6 heteroatoms. The van der Waals surface area contributed by atoms with Crippen LogP contribution in [0.4, 0.5) is 0 Å². The van der Waals surface area contributed by atoms with Crippen LogP contribution in [0, 0.1) is 22.7 Å². The number of hydrogen-bond acceptors (Lipinski definition) is 5. The molecular formula is C5H3N3O3. The fraction of sp³-hybridized carbons (Fsp3) is 0.200. The minimum absolute atomic E-state index is 0.377. The van der Waals surface area contributed by atoms with Crippen LogP contribution in [0.1, 0.15) is 0 Å². The molecule has 0 spiro atoms. The molecule has 0 saturated carbocycles. The lowest BCUT2D eigenvalue weighted by Gasteiger charge is -1.88. The van der Waals surface area contributed by atoms with E-state index < -0.39 is 11.7 Å². The van der Waals surface area contributed by atoms with Crippen LogP contribution in [-0.2, 0) is 9.63 Å². The van der Waals surface area contributed by atoms with E-state index in [9.17, 15) is 4.79 Å². The van der Waals surface area contributed by atoms with Gasteiger partial charge in [0.05, 0.1) is 0 Å². The van der Waals surface area contributed by atoms with Crippen LogP contribution in [0.25, 0.3) is 0 Å². The van der Waals surface area contributed by atoms with Crippen molar-refractivity contribution in [2.75, 3.05) is 6.61 Å². The lowest BCUT2D eigenvalue weighted by molar-refractivity contribution is -0.129. The van der Waals surface area contributed by atoms with Gasteiger partial charge in [-0.25, -0.2) is 4.79 Å². The maximum absolute atomic E-state index is 10.0. The summed E-state index contributed by atoms with van der Waals surface area (Å²) >= 11 is 0. The summed E-state index contributed by atoms with van der Waals surface area (Å²) in [6.07, 6.45) is 0. The van der Waals surface area contributed by atoms with Crippen molar-refractivity contribution in [3.63, 3.8) is 0 Å². The van der Waals surface area contributed by atoms with Crippen molar-refractivity contribution in [2.24, 2.45) is 5.16 Å². The average molecular weight is 153 g/mol. The molecule has 0 unspecified atom stereocenters. The molecule has 0 atom stereocenters. The lowest BCUT2D eigenvalue weighted by Crippen LogP contribution is -2.10. The van der Waals surface area contributed by atoms with E-state index in [0.717, 1.165) is 0 Å². The summed E-state index contributed by atoms with van der Waals surface area (Å²) in [5.41, 5.74) is -0.778. The van der Waals surface area contributed by atoms with Crippen LogP contribution >= 0.6 is 0 Å². The third-order valence-electron chi connectivity index (χ3n) is 0.593. The Hall–Kier alpha value is -2.08. The van der Waals surface area contributed by atoms with Gasteiger partial charge < -0.3 is 9.94 Å². The Bertz CT molecular complexity index is 257. The minimum atomic E-state index is -1.48. The van der Waals surface area contributed by atoms with E-state index >= 15 is 0 Å². The molecule has 0 aromatic carbocycles. The Balaban J connectivity index is 4.08. The molecule has 0 aliphatic rings. The predicted molar refractivity (Wildman–Crippen MR) is 32.2 cm³/mol. The van der Waals surface area contributed by atoms with E-state index in [1.165, 1.54) is 6.07 Å². The van der Waals surface area contributed by atoms with Crippen LogP contribution in [-0.4, -0.2) is 23.4 Å². The largest absolute Gasteiger partial charge is 0.476 e. The van der Waals surface area contributed by atoms with Crippen LogP contribution < -0.4 is 0 Å². The minimum Gasteiger partial charge on any atom is -0.476 e. The molecule has 0 amide bonds. The van der Waals surface area contributed by atoms with Gasteiger partial charge in [0.1, 0.15) is 12.1 Å². The van der Waals surface area contributed by atoms with Gasteiger partial charge in [-0.1, -0.05) is 5.16 Å². The zero-order valence-corrected chi connectivity index (χ0v) is 5.31. The summed E-state index contributed by atoms with van der Waals surface area (Å²) in [5, 5.41) is 27.0. The van der Waals surface area contributed by atoms with E-state index in [2.05, 4.69) is 9.99 Å². The summed E-state index contributed by atoms with van der Waals surface area (Å²) < 4.78 is 0. The number of oxime groups is 1. The van der Waals surface area contributed by atoms with Gasteiger partial charge in [-0.2, -0.15) is 10.5 Å². The Kier molecular flexibility index (Phi) is 3.87. The number of carbonyl (C=O) groups is 1. The van der Waals surface area contributed by atoms with Gasteiger partial charge in [0.25, 0.3) is 5.71 Å². The number of nitrogens with zero attached hydrogens (tertiary/aromatic N) is 3. The number of hydrogen-bond donors (Lipinski definition) is 1. The standard InChI is InChI=1S/C5H3N3O3/c6-1-2-11-8-4(3-7)5(9)10/h2H2,(H,9,10)/b8-4+. The zero-order valence-electron chi connectivity index (χ0n) is 5.31. The first-order chi connectivity index (χ1) is 5.22. The molecule has 0 rings (SSSR count). The molecule has 0 aromatic rings. The maximum Gasteiger partial charge on any atom is 0.369 e. The van der Waals surface area contributed by atoms with Crippen molar-refractivity contribution in [3.8, 4) is 12.1 Å². The van der Waals surface area contributed by atoms with E-state index in [0.29, 0.717) is 0 Å². The van der Waals surface area contributed by atoms with Gasteiger partial charge in [-0.05, 0) is 0 Å². The zero-order chi connectivity index (χ0) is 8.69. The summed E-state index contributed by atoms with van der Waals surface area (Å²) in [6, 6.07) is 2.83. The van der Waals surface area contributed by atoms with Crippen LogP contribution in [0.2, 0.25) is 0 Å². The molecule has 0 aliphatic heterocycles. The highest BCUT2D eigenvalue weighted by atomic mass is 16.6. The maximum atomic E-state index is 10.0. The van der Waals surface area contributed by atoms with Crippen molar-refractivity contribution in [1.82, 2.24) is 0 Å². The molecule has 1 N–H and O–H groups in total. The summed E-state index contributed by atoms with van der Waals surface area (Å²) in [7, 11) is 0. The molecule has 0 aromatic heterocycles. The molecule has 0 heterocycles. The molecule has 6 nitrogen and oxygen atoms in total. The molecule has 0 aliphatic carbocycles. The Morgan fingerprint density at radius 1 is 1.64 bits per heavy atom. The lowest BCUT2D eigenvalue weighted by atomic mass is 10.4. The third kappa shape index (κ3) is 3.49. The van der Waals surface area contributed by atoms with E-state index in [4.69, 9.17) is 15.6 Å². The normalized spacial score (nSPS) is 9.45. The van der Waals surface area contributed by atoms with Gasteiger partial charge in [0.2, 0.25) is 6.61 Å². The molecule has 0 saturated heterocycles. The first-order valence-corrected chi connectivity index (χ1v) is 2.42. The first-order valence-electron chi connectivity index (χ1n) is 2.42. The SMILES string of the molecule is N#CCO/N=C(\C#N)C(=O)O. The van der Waals surface area contributed by atoms with E-state index in [1.807, 2.05) is 0 Å². The molecule has 0 radical (unpaired) electrons. The van der Waals surface area contributed by atoms with Gasteiger partial charge >= 0.3 is 5.97 Å². The van der Waals surface area contributed by atoms with Crippen LogP contribution in [0.3, 0.4) is 0 Å². The van der Waals surface area contributed by atoms with Crippen molar-refractivity contribution >= 4 is 11.7 Å². The predicted octanol–water partition coefficient (Wildman–Crippen LogP) is -0.509. The average Bonchev–Trinajstić information content (AvgIpc) is 1.97. The number of carboxylic acids is 1. The Morgan fingerprint density at radius 2 is 2.27 bits per heavy atom. The smallest absolute Gasteiger partial charge is 0.369 e. The number of nitriles is 2.